The Morgan fingerprint density at radius 1 is 1.36 bits per heavy atom. The molecule has 0 aliphatic carbocycles. The minimum Gasteiger partial charge on any atom is -0.508 e. The summed E-state index contributed by atoms with van der Waals surface area (Å²) >= 11 is 0. The van der Waals surface area contributed by atoms with Crippen LogP contribution in [-0.2, 0) is 0 Å². The van der Waals surface area contributed by atoms with Crippen molar-refractivity contribution in [2.24, 2.45) is 0 Å². The summed E-state index contributed by atoms with van der Waals surface area (Å²) in [5.41, 5.74) is 0. The average Bonchev–Trinajstić information content (AvgIpc) is 2.18. The molecule has 0 saturated heterocycles. The molecule has 1 rings (SSSR count). The van der Waals surface area contributed by atoms with Crippen molar-refractivity contribution in [3.63, 3.8) is 0 Å². The molecule has 0 spiro atoms. The Morgan fingerprint density at radius 3 is 2.93 bits per heavy atom. The standard InChI is InChI=1S/C11H17NO2/c1-2-6-12-7-8-14-11-5-3-4-10(13)9-11/h3-5,9,12-13H,2,6-8H2,1H3. The Morgan fingerprint density at radius 2 is 2.21 bits per heavy atom. The van der Waals surface area contributed by atoms with Crippen LogP contribution in [0.3, 0.4) is 0 Å². The second-order valence-corrected chi connectivity index (χ2v) is 3.10. The molecule has 0 heterocycles. The molecule has 0 bridgehead atoms. The summed E-state index contributed by atoms with van der Waals surface area (Å²) in [5, 5.41) is 12.4. The van der Waals surface area contributed by atoms with Gasteiger partial charge in [0.05, 0.1) is 0 Å². The van der Waals surface area contributed by atoms with Gasteiger partial charge in [0.2, 0.25) is 0 Å². The molecule has 0 fully saturated rings. The first-order valence-corrected chi connectivity index (χ1v) is 4.95. The predicted molar refractivity (Wildman–Crippen MR) is 56.8 cm³/mol. The highest BCUT2D eigenvalue weighted by molar-refractivity contribution is 5.31. The van der Waals surface area contributed by atoms with Crippen LogP contribution < -0.4 is 10.1 Å². The second kappa shape index (κ2) is 6.27. The van der Waals surface area contributed by atoms with Gasteiger partial charge in [-0.25, -0.2) is 0 Å². The van der Waals surface area contributed by atoms with Crippen LogP contribution in [0.5, 0.6) is 11.5 Å². The van der Waals surface area contributed by atoms with Crippen molar-refractivity contribution in [3.05, 3.63) is 24.3 Å². The number of nitrogens with one attached hydrogen (secondary N) is 1. The van der Waals surface area contributed by atoms with E-state index in [0.717, 1.165) is 19.5 Å². The zero-order valence-corrected chi connectivity index (χ0v) is 8.49. The second-order valence-electron chi connectivity index (χ2n) is 3.10. The van der Waals surface area contributed by atoms with Crippen molar-refractivity contribution in [2.45, 2.75) is 13.3 Å². The molecule has 0 aliphatic rings. The maximum atomic E-state index is 9.16. The van der Waals surface area contributed by atoms with E-state index in [1.807, 2.05) is 6.07 Å². The van der Waals surface area contributed by atoms with E-state index < -0.39 is 0 Å². The molecule has 0 amide bonds. The molecule has 1 aromatic rings. The summed E-state index contributed by atoms with van der Waals surface area (Å²) in [4.78, 5) is 0. The number of rotatable bonds is 6. The number of ether oxygens (including phenoxy) is 1. The predicted octanol–water partition coefficient (Wildman–Crippen LogP) is 1.77. The van der Waals surface area contributed by atoms with Crippen molar-refractivity contribution >= 4 is 0 Å². The van der Waals surface area contributed by atoms with E-state index in [4.69, 9.17) is 9.84 Å². The van der Waals surface area contributed by atoms with E-state index in [2.05, 4.69) is 12.2 Å². The summed E-state index contributed by atoms with van der Waals surface area (Å²) in [6, 6.07) is 6.84. The van der Waals surface area contributed by atoms with Crippen molar-refractivity contribution in [3.8, 4) is 11.5 Å². The molecule has 0 aromatic heterocycles. The number of benzene rings is 1. The maximum absolute atomic E-state index is 9.16. The highest BCUT2D eigenvalue weighted by Gasteiger charge is 1.94. The normalized spacial score (nSPS) is 10.1. The van der Waals surface area contributed by atoms with Crippen LogP contribution in [0, 0.1) is 0 Å². The fraction of sp³-hybridized carbons (Fsp3) is 0.455. The van der Waals surface area contributed by atoms with Crippen LogP contribution in [0.15, 0.2) is 24.3 Å². The molecule has 3 nitrogen and oxygen atoms in total. The molecule has 0 atom stereocenters. The molecule has 14 heavy (non-hydrogen) atoms. The van der Waals surface area contributed by atoms with Crippen molar-refractivity contribution in [1.82, 2.24) is 5.32 Å². The summed E-state index contributed by atoms with van der Waals surface area (Å²) in [7, 11) is 0. The highest BCUT2D eigenvalue weighted by atomic mass is 16.5. The smallest absolute Gasteiger partial charge is 0.123 e. The lowest BCUT2D eigenvalue weighted by Crippen LogP contribution is -2.21. The molecule has 2 N–H and O–H groups in total. The zero-order valence-electron chi connectivity index (χ0n) is 8.49. The van der Waals surface area contributed by atoms with Crippen LogP contribution in [0.25, 0.3) is 0 Å². The summed E-state index contributed by atoms with van der Waals surface area (Å²) in [5.74, 6) is 0.951. The summed E-state index contributed by atoms with van der Waals surface area (Å²) < 4.78 is 5.41. The van der Waals surface area contributed by atoms with Gasteiger partial charge in [0.15, 0.2) is 0 Å². The molecule has 0 unspecified atom stereocenters. The van der Waals surface area contributed by atoms with Gasteiger partial charge in [0.25, 0.3) is 0 Å². The quantitative estimate of drug-likeness (QED) is 0.680. The van der Waals surface area contributed by atoms with Crippen LogP contribution >= 0.6 is 0 Å². The third-order valence-corrected chi connectivity index (χ3v) is 1.79. The lowest BCUT2D eigenvalue weighted by molar-refractivity contribution is 0.312. The van der Waals surface area contributed by atoms with E-state index >= 15 is 0 Å². The first-order chi connectivity index (χ1) is 6.83. The number of phenols is 1. The van der Waals surface area contributed by atoms with Crippen LogP contribution in [0.1, 0.15) is 13.3 Å². The largest absolute Gasteiger partial charge is 0.508 e. The number of hydrogen-bond acceptors (Lipinski definition) is 3. The molecule has 0 radical (unpaired) electrons. The van der Waals surface area contributed by atoms with Gasteiger partial charge in [0, 0.05) is 12.6 Å². The SMILES string of the molecule is CCCNCCOc1cccc(O)c1. The van der Waals surface area contributed by atoms with E-state index in [1.165, 1.54) is 0 Å². The minimum absolute atomic E-state index is 0.240. The van der Waals surface area contributed by atoms with Crippen molar-refractivity contribution in [1.29, 1.82) is 0 Å². The van der Waals surface area contributed by atoms with E-state index in [-0.39, 0.29) is 5.75 Å². The van der Waals surface area contributed by atoms with E-state index in [0.29, 0.717) is 12.4 Å². The van der Waals surface area contributed by atoms with Gasteiger partial charge in [-0.2, -0.15) is 0 Å². The van der Waals surface area contributed by atoms with Gasteiger partial charge in [-0.05, 0) is 25.1 Å². The molecule has 1 aromatic carbocycles. The monoisotopic (exact) mass is 195 g/mol. The molecular formula is C11H17NO2. The Kier molecular flexibility index (Phi) is 4.86. The molecule has 3 heteroatoms. The third kappa shape index (κ3) is 4.14. The van der Waals surface area contributed by atoms with Gasteiger partial charge in [-0.3, -0.25) is 0 Å². The lowest BCUT2D eigenvalue weighted by atomic mass is 10.3. The fourth-order valence-corrected chi connectivity index (χ4v) is 1.12. The Balaban J connectivity index is 2.18. The summed E-state index contributed by atoms with van der Waals surface area (Å²) in [6.45, 7) is 4.61. The van der Waals surface area contributed by atoms with Crippen molar-refractivity contribution < 1.29 is 9.84 Å². The maximum Gasteiger partial charge on any atom is 0.123 e. The molecule has 78 valence electrons. The average molecular weight is 195 g/mol. The van der Waals surface area contributed by atoms with Crippen LogP contribution in [0.2, 0.25) is 0 Å². The van der Waals surface area contributed by atoms with Gasteiger partial charge >= 0.3 is 0 Å². The fourth-order valence-electron chi connectivity index (χ4n) is 1.12. The van der Waals surface area contributed by atoms with Crippen LogP contribution in [-0.4, -0.2) is 24.8 Å². The first kappa shape index (κ1) is 10.9. The zero-order chi connectivity index (χ0) is 10.2. The third-order valence-electron chi connectivity index (χ3n) is 1.79. The van der Waals surface area contributed by atoms with Gasteiger partial charge in [-0.1, -0.05) is 13.0 Å². The number of aromatic hydroxyl groups is 1. The number of hydrogen-bond donors (Lipinski definition) is 2. The Bertz CT molecular complexity index is 263. The van der Waals surface area contributed by atoms with E-state index in [9.17, 15) is 0 Å². The lowest BCUT2D eigenvalue weighted by Gasteiger charge is -2.06. The molecular weight excluding hydrogens is 178 g/mol. The topological polar surface area (TPSA) is 41.5 Å². The van der Waals surface area contributed by atoms with E-state index in [1.54, 1.807) is 18.2 Å². The molecule has 0 saturated carbocycles. The molecule has 0 aliphatic heterocycles. The van der Waals surface area contributed by atoms with Crippen LogP contribution in [0.4, 0.5) is 0 Å². The van der Waals surface area contributed by atoms with Gasteiger partial charge in [0.1, 0.15) is 18.1 Å². The minimum atomic E-state index is 0.240. The van der Waals surface area contributed by atoms with Gasteiger partial charge < -0.3 is 15.2 Å². The number of phenolic OH excluding ortho intramolecular Hbond substituents is 1. The Labute approximate surface area is 84.7 Å². The summed E-state index contributed by atoms with van der Waals surface area (Å²) in [6.07, 6.45) is 1.13. The highest BCUT2D eigenvalue weighted by Crippen LogP contribution is 2.17. The van der Waals surface area contributed by atoms with Gasteiger partial charge in [-0.15, -0.1) is 0 Å². The first-order valence-electron chi connectivity index (χ1n) is 4.95. The van der Waals surface area contributed by atoms with Crippen molar-refractivity contribution in [2.75, 3.05) is 19.7 Å². The Hall–Kier alpha value is -1.22.